The molecule has 8 heteroatoms. The highest BCUT2D eigenvalue weighted by molar-refractivity contribution is 6.35. The summed E-state index contributed by atoms with van der Waals surface area (Å²) in [4.78, 5) is 18.6. The summed E-state index contributed by atoms with van der Waals surface area (Å²) in [5.41, 5.74) is 0.504. The standard InChI is InChI=1S/C16H18Cl2N4O2/c1-2-14-20-15(21-24-14)10-4-3-7-22(9-10)16(23)19-13-8-11(17)5-6-12(13)18/h5-6,8,10H,2-4,7,9H2,1H3,(H,19,23). The van der Waals surface area contributed by atoms with Gasteiger partial charge in [0.2, 0.25) is 5.89 Å². The van der Waals surface area contributed by atoms with Crippen LogP contribution in [0.1, 0.15) is 37.4 Å². The molecule has 1 N–H and O–H groups in total. The number of aromatic nitrogens is 2. The van der Waals surface area contributed by atoms with Gasteiger partial charge >= 0.3 is 6.03 Å². The molecule has 1 fully saturated rings. The van der Waals surface area contributed by atoms with Crippen LogP contribution in [0.3, 0.4) is 0 Å². The second-order valence-electron chi connectivity index (χ2n) is 5.74. The topological polar surface area (TPSA) is 71.3 Å². The zero-order valence-corrected chi connectivity index (χ0v) is 14.8. The van der Waals surface area contributed by atoms with Crippen LogP contribution >= 0.6 is 23.2 Å². The molecule has 1 aliphatic heterocycles. The molecule has 2 amide bonds. The summed E-state index contributed by atoms with van der Waals surface area (Å²) < 4.78 is 5.18. The molecule has 1 saturated heterocycles. The summed E-state index contributed by atoms with van der Waals surface area (Å²) in [7, 11) is 0. The van der Waals surface area contributed by atoms with Gasteiger partial charge in [0, 0.05) is 30.5 Å². The van der Waals surface area contributed by atoms with Gasteiger partial charge < -0.3 is 14.7 Å². The van der Waals surface area contributed by atoms with Crippen LogP contribution in [-0.4, -0.2) is 34.2 Å². The molecule has 1 unspecified atom stereocenters. The highest BCUT2D eigenvalue weighted by Gasteiger charge is 2.28. The van der Waals surface area contributed by atoms with E-state index >= 15 is 0 Å². The van der Waals surface area contributed by atoms with E-state index in [1.807, 2.05) is 6.92 Å². The maximum atomic E-state index is 12.5. The van der Waals surface area contributed by atoms with Gasteiger partial charge in [0.25, 0.3) is 0 Å². The molecule has 1 atom stereocenters. The Labute approximate surface area is 150 Å². The Morgan fingerprint density at radius 3 is 3.04 bits per heavy atom. The largest absolute Gasteiger partial charge is 0.339 e. The first-order valence-corrected chi connectivity index (χ1v) is 8.66. The molecule has 1 aromatic heterocycles. The summed E-state index contributed by atoms with van der Waals surface area (Å²) >= 11 is 12.1. The van der Waals surface area contributed by atoms with Crippen LogP contribution in [-0.2, 0) is 6.42 Å². The lowest BCUT2D eigenvalue weighted by Gasteiger charge is -2.31. The molecule has 24 heavy (non-hydrogen) atoms. The molecule has 0 aliphatic carbocycles. The second kappa shape index (κ2) is 7.40. The van der Waals surface area contributed by atoms with Gasteiger partial charge in [-0.3, -0.25) is 0 Å². The zero-order chi connectivity index (χ0) is 17.1. The molecule has 0 saturated carbocycles. The van der Waals surface area contributed by atoms with Crippen LogP contribution in [0.4, 0.5) is 10.5 Å². The quantitative estimate of drug-likeness (QED) is 0.873. The second-order valence-corrected chi connectivity index (χ2v) is 6.58. The van der Waals surface area contributed by atoms with E-state index in [1.54, 1.807) is 23.1 Å². The molecule has 1 aliphatic rings. The fourth-order valence-corrected chi connectivity index (χ4v) is 3.07. The van der Waals surface area contributed by atoms with Crippen molar-refractivity contribution in [1.29, 1.82) is 0 Å². The Morgan fingerprint density at radius 1 is 1.46 bits per heavy atom. The van der Waals surface area contributed by atoms with Crippen molar-refractivity contribution in [3.63, 3.8) is 0 Å². The van der Waals surface area contributed by atoms with Crippen molar-refractivity contribution >= 4 is 34.9 Å². The molecular weight excluding hydrogens is 351 g/mol. The zero-order valence-electron chi connectivity index (χ0n) is 13.3. The fraction of sp³-hybridized carbons (Fsp3) is 0.438. The number of hydrogen-bond acceptors (Lipinski definition) is 4. The number of anilines is 1. The van der Waals surface area contributed by atoms with Gasteiger partial charge in [-0.1, -0.05) is 35.3 Å². The minimum absolute atomic E-state index is 0.0865. The number of hydrogen-bond donors (Lipinski definition) is 1. The number of halogens is 2. The molecule has 0 spiro atoms. The normalized spacial score (nSPS) is 17.8. The number of rotatable bonds is 3. The molecule has 1 aromatic carbocycles. The van der Waals surface area contributed by atoms with E-state index in [1.165, 1.54) is 0 Å². The van der Waals surface area contributed by atoms with Crippen LogP contribution in [0.25, 0.3) is 0 Å². The summed E-state index contributed by atoms with van der Waals surface area (Å²) in [6.45, 7) is 3.19. The minimum Gasteiger partial charge on any atom is -0.339 e. The monoisotopic (exact) mass is 368 g/mol. The number of urea groups is 1. The van der Waals surface area contributed by atoms with Crippen molar-refractivity contribution in [2.24, 2.45) is 0 Å². The van der Waals surface area contributed by atoms with Crippen molar-refractivity contribution in [2.75, 3.05) is 18.4 Å². The average Bonchev–Trinajstić information content (AvgIpc) is 3.07. The molecule has 6 nitrogen and oxygen atoms in total. The first-order valence-electron chi connectivity index (χ1n) is 7.90. The number of nitrogens with one attached hydrogen (secondary N) is 1. The molecule has 0 radical (unpaired) electrons. The van der Waals surface area contributed by atoms with Gasteiger partial charge in [0.15, 0.2) is 5.82 Å². The minimum atomic E-state index is -0.205. The molecule has 128 valence electrons. The summed E-state index contributed by atoms with van der Waals surface area (Å²) in [6.07, 6.45) is 2.53. The number of amides is 2. The van der Waals surface area contributed by atoms with Crippen LogP contribution in [0, 0.1) is 0 Å². The third-order valence-electron chi connectivity index (χ3n) is 4.03. The lowest BCUT2D eigenvalue weighted by Crippen LogP contribution is -2.41. The van der Waals surface area contributed by atoms with Crippen molar-refractivity contribution < 1.29 is 9.32 Å². The lowest BCUT2D eigenvalue weighted by molar-refractivity contribution is 0.190. The maximum Gasteiger partial charge on any atom is 0.321 e. The van der Waals surface area contributed by atoms with Crippen molar-refractivity contribution in [3.8, 4) is 0 Å². The third kappa shape index (κ3) is 3.82. The van der Waals surface area contributed by atoms with Gasteiger partial charge in [0.05, 0.1) is 10.7 Å². The van der Waals surface area contributed by atoms with E-state index in [9.17, 15) is 4.79 Å². The Bertz CT molecular complexity index is 735. The van der Waals surface area contributed by atoms with Crippen molar-refractivity contribution in [1.82, 2.24) is 15.0 Å². The number of piperidine rings is 1. The third-order valence-corrected chi connectivity index (χ3v) is 4.59. The van der Waals surface area contributed by atoms with Crippen molar-refractivity contribution in [3.05, 3.63) is 40.0 Å². The van der Waals surface area contributed by atoms with E-state index in [0.29, 0.717) is 47.0 Å². The molecule has 2 aromatic rings. The Morgan fingerprint density at radius 2 is 2.29 bits per heavy atom. The first kappa shape index (κ1) is 17.0. The van der Waals surface area contributed by atoms with E-state index in [0.717, 1.165) is 12.8 Å². The van der Waals surface area contributed by atoms with Crippen LogP contribution in [0.15, 0.2) is 22.7 Å². The number of nitrogens with zero attached hydrogens (tertiary/aromatic N) is 3. The lowest BCUT2D eigenvalue weighted by atomic mass is 9.97. The molecular formula is C16H18Cl2N4O2. The van der Waals surface area contributed by atoms with Crippen LogP contribution < -0.4 is 5.32 Å². The average molecular weight is 369 g/mol. The smallest absolute Gasteiger partial charge is 0.321 e. The fourth-order valence-electron chi connectivity index (χ4n) is 2.74. The SMILES string of the molecule is CCc1nc(C2CCCN(C(=O)Nc3cc(Cl)ccc3Cl)C2)no1. The predicted molar refractivity (Wildman–Crippen MR) is 92.7 cm³/mol. The summed E-state index contributed by atoms with van der Waals surface area (Å²) in [6, 6.07) is 4.76. The van der Waals surface area contributed by atoms with Gasteiger partial charge in [0.1, 0.15) is 0 Å². The van der Waals surface area contributed by atoms with Gasteiger partial charge in [-0.15, -0.1) is 0 Å². The van der Waals surface area contributed by atoms with Crippen LogP contribution in [0.2, 0.25) is 10.0 Å². The van der Waals surface area contributed by atoms with Crippen LogP contribution in [0.5, 0.6) is 0 Å². The maximum absolute atomic E-state index is 12.5. The van der Waals surface area contributed by atoms with Gasteiger partial charge in [-0.05, 0) is 31.0 Å². The van der Waals surface area contributed by atoms with E-state index in [2.05, 4.69) is 15.5 Å². The Kier molecular flexibility index (Phi) is 5.26. The van der Waals surface area contributed by atoms with E-state index in [-0.39, 0.29) is 11.9 Å². The molecule has 2 heterocycles. The van der Waals surface area contributed by atoms with Crippen molar-refractivity contribution in [2.45, 2.75) is 32.1 Å². The Balaban J connectivity index is 1.67. The highest BCUT2D eigenvalue weighted by Crippen LogP contribution is 2.28. The predicted octanol–water partition coefficient (Wildman–Crippen LogP) is 4.35. The number of benzene rings is 1. The molecule has 3 rings (SSSR count). The van der Waals surface area contributed by atoms with Gasteiger partial charge in [-0.2, -0.15) is 4.98 Å². The number of aryl methyl sites for hydroxylation is 1. The Hall–Kier alpha value is -1.79. The summed E-state index contributed by atoms with van der Waals surface area (Å²) in [5.74, 6) is 1.38. The van der Waals surface area contributed by atoms with E-state index < -0.39 is 0 Å². The van der Waals surface area contributed by atoms with Gasteiger partial charge in [-0.25, -0.2) is 4.79 Å². The first-order chi connectivity index (χ1) is 11.6. The summed E-state index contributed by atoms with van der Waals surface area (Å²) in [5, 5.41) is 7.82. The number of carbonyl (C=O) groups excluding carboxylic acids is 1. The van der Waals surface area contributed by atoms with E-state index in [4.69, 9.17) is 27.7 Å². The highest BCUT2D eigenvalue weighted by atomic mass is 35.5. The number of carbonyl (C=O) groups is 1. The molecule has 0 bridgehead atoms. The number of likely N-dealkylation sites (tertiary alicyclic amines) is 1.